The van der Waals surface area contributed by atoms with E-state index in [9.17, 15) is 4.79 Å². The van der Waals surface area contributed by atoms with Crippen LogP contribution in [0.5, 0.6) is 0 Å². The van der Waals surface area contributed by atoms with Crippen molar-refractivity contribution in [2.45, 2.75) is 32.9 Å². The molecule has 0 saturated heterocycles. The molecule has 1 N–H and O–H groups in total. The fourth-order valence-electron chi connectivity index (χ4n) is 2.27. The lowest BCUT2D eigenvalue weighted by Gasteiger charge is -2.16. The van der Waals surface area contributed by atoms with Crippen LogP contribution in [0.1, 0.15) is 27.2 Å². The van der Waals surface area contributed by atoms with Crippen molar-refractivity contribution >= 4 is 28.6 Å². The number of rotatable bonds is 6. The van der Waals surface area contributed by atoms with Crippen molar-refractivity contribution in [2.24, 2.45) is 0 Å². The summed E-state index contributed by atoms with van der Waals surface area (Å²) >= 11 is 3.31. The third kappa shape index (κ3) is 4.05. The number of hydrogen-bond acceptors (Lipinski definition) is 5. The summed E-state index contributed by atoms with van der Waals surface area (Å²) in [7, 11) is 0. The van der Waals surface area contributed by atoms with Gasteiger partial charge in [0.2, 0.25) is 5.91 Å². The monoisotopic (exact) mass is 346 g/mol. The third-order valence-corrected chi connectivity index (χ3v) is 5.48. The molecule has 1 atom stereocenters. The molecule has 3 heterocycles. The molecule has 0 fully saturated rings. The molecule has 3 rings (SSSR count). The lowest BCUT2D eigenvalue weighted by atomic mass is 10.1. The number of thiazole rings is 1. The summed E-state index contributed by atoms with van der Waals surface area (Å²) in [5.74, 6) is -0.0561. The Morgan fingerprint density at radius 2 is 2.30 bits per heavy atom. The fraction of sp³-hybridized carbons (Fsp3) is 0.312. The van der Waals surface area contributed by atoms with Gasteiger partial charge in [0.25, 0.3) is 0 Å². The van der Waals surface area contributed by atoms with E-state index >= 15 is 0 Å². The summed E-state index contributed by atoms with van der Waals surface area (Å²) in [5.41, 5.74) is 2.24. The summed E-state index contributed by atoms with van der Waals surface area (Å²) in [5, 5.41) is 12.3. The average Bonchev–Trinajstić information content (AvgIpc) is 3.23. The van der Waals surface area contributed by atoms with Crippen LogP contribution in [-0.2, 0) is 17.8 Å². The molecule has 0 aromatic carbocycles. The van der Waals surface area contributed by atoms with Crippen LogP contribution in [0.15, 0.2) is 35.3 Å². The minimum Gasteiger partial charge on any atom is -0.345 e. The maximum atomic E-state index is 12.3. The summed E-state index contributed by atoms with van der Waals surface area (Å²) in [6, 6.07) is 3.79. The molecule has 0 saturated carbocycles. The molecule has 0 aliphatic rings. The Kier molecular flexibility index (Phi) is 4.88. The van der Waals surface area contributed by atoms with Crippen molar-refractivity contribution in [1.29, 1.82) is 0 Å². The molecular formula is C16H18N4OS2. The largest absolute Gasteiger partial charge is 0.345 e. The van der Waals surface area contributed by atoms with Crippen molar-refractivity contribution in [1.82, 2.24) is 20.1 Å². The number of aromatic nitrogens is 3. The van der Waals surface area contributed by atoms with Crippen LogP contribution in [0.2, 0.25) is 0 Å². The Bertz CT molecular complexity index is 743. The second-order valence-corrected chi connectivity index (χ2v) is 7.37. The van der Waals surface area contributed by atoms with Crippen LogP contribution >= 0.6 is 22.7 Å². The van der Waals surface area contributed by atoms with E-state index < -0.39 is 0 Å². The predicted octanol–water partition coefficient (Wildman–Crippen LogP) is 3.12. The van der Waals surface area contributed by atoms with E-state index in [2.05, 4.69) is 39.1 Å². The summed E-state index contributed by atoms with van der Waals surface area (Å²) in [4.78, 5) is 18.1. The molecule has 0 aliphatic heterocycles. The van der Waals surface area contributed by atoms with Gasteiger partial charge < -0.3 is 5.32 Å². The van der Waals surface area contributed by atoms with E-state index in [4.69, 9.17) is 0 Å². The SMILES string of the molecule is Cc1nc(C(Cc2ccsc2)NC(=O)Cn2cccn2)sc1C. The van der Waals surface area contributed by atoms with Crippen molar-refractivity contribution in [3.8, 4) is 0 Å². The first-order valence-corrected chi connectivity index (χ1v) is 9.09. The maximum Gasteiger partial charge on any atom is 0.242 e. The van der Waals surface area contributed by atoms with E-state index in [1.807, 2.05) is 13.0 Å². The Balaban J connectivity index is 1.75. The second kappa shape index (κ2) is 7.06. The number of thiophene rings is 1. The van der Waals surface area contributed by atoms with Gasteiger partial charge in [-0.15, -0.1) is 11.3 Å². The van der Waals surface area contributed by atoms with Gasteiger partial charge in [0.05, 0.1) is 11.7 Å². The Morgan fingerprint density at radius 1 is 1.43 bits per heavy atom. The van der Waals surface area contributed by atoms with Crippen LogP contribution in [0, 0.1) is 13.8 Å². The topological polar surface area (TPSA) is 59.8 Å². The van der Waals surface area contributed by atoms with Crippen molar-refractivity contribution in [3.05, 3.63) is 56.4 Å². The molecule has 0 aliphatic carbocycles. The smallest absolute Gasteiger partial charge is 0.242 e. The summed E-state index contributed by atoms with van der Waals surface area (Å²) in [6.07, 6.45) is 4.20. The highest BCUT2D eigenvalue weighted by molar-refractivity contribution is 7.11. The number of carbonyl (C=O) groups is 1. The number of carbonyl (C=O) groups excluding carboxylic acids is 1. The number of nitrogens with zero attached hydrogens (tertiary/aromatic N) is 3. The van der Waals surface area contributed by atoms with Gasteiger partial charge in [-0.2, -0.15) is 16.4 Å². The van der Waals surface area contributed by atoms with Crippen LogP contribution in [0.4, 0.5) is 0 Å². The third-order valence-electron chi connectivity index (χ3n) is 3.56. The molecule has 3 aromatic rings. The molecule has 0 spiro atoms. The van der Waals surface area contributed by atoms with E-state index in [1.54, 1.807) is 39.7 Å². The van der Waals surface area contributed by atoms with Gasteiger partial charge in [-0.05, 0) is 42.3 Å². The van der Waals surface area contributed by atoms with Crippen molar-refractivity contribution in [2.75, 3.05) is 0 Å². The first kappa shape index (κ1) is 15.9. The molecular weight excluding hydrogens is 328 g/mol. The van der Waals surface area contributed by atoms with Crippen LogP contribution in [0.25, 0.3) is 0 Å². The summed E-state index contributed by atoms with van der Waals surface area (Å²) in [6.45, 7) is 4.28. The number of aryl methyl sites for hydroxylation is 2. The zero-order valence-corrected chi connectivity index (χ0v) is 14.7. The number of nitrogens with one attached hydrogen (secondary N) is 1. The second-order valence-electron chi connectivity index (χ2n) is 5.35. The fourth-order valence-corrected chi connectivity index (χ4v) is 3.93. The van der Waals surface area contributed by atoms with Gasteiger partial charge >= 0.3 is 0 Å². The van der Waals surface area contributed by atoms with E-state index in [0.29, 0.717) is 0 Å². The quantitative estimate of drug-likeness (QED) is 0.746. The molecule has 0 bridgehead atoms. The van der Waals surface area contributed by atoms with Gasteiger partial charge in [0.15, 0.2) is 0 Å². The van der Waals surface area contributed by atoms with Crippen LogP contribution < -0.4 is 5.32 Å². The lowest BCUT2D eigenvalue weighted by Crippen LogP contribution is -2.32. The zero-order chi connectivity index (χ0) is 16.2. The molecule has 5 nitrogen and oxygen atoms in total. The first-order valence-electron chi connectivity index (χ1n) is 7.33. The predicted molar refractivity (Wildman–Crippen MR) is 92.7 cm³/mol. The Hall–Kier alpha value is -1.99. The van der Waals surface area contributed by atoms with Gasteiger partial charge in [-0.3, -0.25) is 9.48 Å². The molecule has 1 amide bonds. The highest BCUT2D eigenvalue weighted by atomic mass is 32.1. The first-order chi connectivity index (χ1) is 11.1. The zero-order valence-electron chi connectivity index (χ0n) is 13.0. The van der Waals surface area contributed by atoms with E-state index in [0.717, 1.165) is 17.1 Å². The molecule has 0 radical (unpaired) electrons. The minimum atomic E-state index is -0.106. The van der Waals surface area contributed by atoms with Crippen molar-refractivity contribution in [3.63, 3.8) is 0 Å². The molecule has 23 heavy (non-hydrogen) atoms. The standard InChI is InChI=1S/C16H18N4OS2/c1-11-12(2)23-16(18-11)14(8-13-4-7-22-10-13)19-15(21)9-20-6-3-5-17-20/h3-7,10,14H,8-9H2,1-2H3,(H,19,21). The van der Waals surface area contributed by atoms with Gasteiger partial charge in [-0.25, -0.2) is 4.98 Å². The highest BCUT2D eigenvalue weighted by Crippen LogP contribution is 2.26. The number of hydrogen-bond donors (Lipinski definition) is 1. The van der Waals surface area contributed by atoms with E-state index in [1.165, 1.54) is 10.4 Å². The summed E-state index contributed by atoms with van der Waals surface area (Å²) < 4.78 is 1.62. The van der Waals surface area contributed by atoms with Crippen LogP contribution in [0.3, 0.4) is 0 Å². The van der Waals surface area contributed by atoms with Gasteiger partial charge in [0, 0.05) is 23.7 Å². The normalized spacial score (nSPS) is 12.3. The highest BCUT2D eigenvalue weighted by Gasteiger charge is 2.20. The minimum absolute atomic E-state index is 0.0561. The van der Waals surface area contributed by atoms with Crippen LogP contribution in [-0.4, -0.2) is 20.7 Å². The lowest BCUT2D eigenvalue weighted by molar-refractivity contribution is -0.122. The molecule has 120 valence electrons. The number of amides is 1. The maximum absolute atomic E-state index is 12.3. The molecule has 3 aromatic heterocycles. The Morgan fingerprint density at radius 3 is 2.91 bits per heavy atom. The van der Waals surface area contributed by atoms with Gasteiger partial charge in [0.1, 0.15) is 11.6 Å². The average molecular weight is 346 g/mol. The van der Waals surface area contributed by atoms with Gasteiger partial charge in [-0.1, -0.05) is 0 Å². The Labute approximate surface area is 143 Å². The molecule has 7 heteroatoms. The molecule has 1 unspecified atom stereocenters. The van der Waals surface area contributed by atoms with E-state index in [-0.39, 0.29) is 18.5 Å². The van der Waals surface area contributed by atoms with Crippen molar-refractivity contribution < 1.29 is 4.79 Å².